The predicted molar refractivity (Wildman–Crippen MR) is 132 cm³/mol. The Morgan fingerprint density at radius 3 is 2.65 bits per heavy atom. The zero-order valence-corrected chi connectivity index (χ0v) is 19.6. The van der Waals surface area contributed by atoms with Gasteiger partial charge in [0.05, 0.1) is 17.9 Å². The Morgan fingerprint density at radius 2 is 1.82 bits per heavy atom. The summed E-state index contributed by atoms with van der Waals surface area (Å²) in [5, 5.41) is 18.7. The summed E-state index contributed by atoms with van der Waals surface area (Å²) >= 11 is 0. The van der Waals surface area contributed by atoms with Crippen molar-refractivity contribution in [3.8, 4) is 0 Å². The molecule has 7 nitrogen and oxygen atoms in total. The van der Waals surface area contributed by atoms with Crippen molar-refractivity contribution < 1.29 is 9.90 Å². The van der Waals surface area contributed by atoms with Crippen molar-refractivity contribution in [1.29, 1.82) is 0 Å². The highest BCUT2D eigenvalue weighted by molar-refractivity contribution is 6.00. The largest absolute Gasteiger partial charge is 0.390 e. The molecule has 0 aliphatic carbocycles. The quantitative estimate of drug-likeness (QED) is 0.613. The van der Waals surface area contributed by atoms with Crippen LogP contribution in [0.5, 0.6) is 0 Å². The second-order valence-corrected chi connectivity index (χ2v) is 9.36. The normalized spacial score (nSPS) is 17.2. The van der Waals surface area contributed by atoms with Crippen LogP contribution < -0.4 is 4.90 Å². The molecule has 2 aromatic carbocycles. The number of benzene rings is 2. The van der Waals surface area contributed by atoms with E-state index in [2.05, 4.69) is 50.3 Å². The van der Waals surface area contributed by atoms with Crippen molar-refractivity contribution in [2.24, 2.45) is 0 Å². The molecule has 0 fully saturated rings. The number of carbonyl (C=O) groups is 1. The zero-order chi connectivity index (χ0) is 23.5. The number of anilines is 1. The number of aromatic nitrogens is 2. The van der Waals surface area contributed by atoms with E-state index in [1.807, 2.05) is 30.1 Å². The summed E-state index contributed by atoms with van der Waals surface area (Å²) in [7, 11) is 2.02. The maximum atomic E-state index is 13.5. The van der Waals surface area contributed by atoms with Gasteiger partial charge in [0.15, 0.2) is 0 Å². The third-order valence-electron chi connectivity index (χ3n) is 6.86. The van der Waals surface area contributed by atoms with Gasteiger partial charge in [-0.25, -0.2) is 0 Å². The fourth-order valence-electron chi connectivity index (χ4n) is 5.01. The lowest BCUT2D eigenvalue weighted by Crippen LogP contribution is -2.44. The van der Waals surface area contributed by atoms with Gasteiger partial charge in [0.25, 0.3) is 5.91 Å². The molecule has 0 spiro atoms. The molecule has 2 aliphatic heterocycles. The predicted octanol–water partition coefficient (Wildman–Crippen LogP) is 2.38. The Bertz CT molecular complexity index is 1150. The molecular formula is C27H31N5O2. The van der Waals surface area contributed by atoms with Gasteiger partial charge in [-0.1, -0.05) is 30.3 Å². The van der Waals surface area contributed by atoms with Gasteiger partial charge in [-0.05, 0) is 53.3 Å². The van der Waals surface area contributed by atoms with Crippen LogP contribution in [0.1, 0.15) is 32.6 Å². The van der Waals surface area contributed by atoms with Crippen molar-refractivity contribution in [2.45, 2.75) is 25.5 Å². The number of hydrogen-bond acceptors (Lipinski definition) is 6. The summed E-state index contributed by atoms with van der Waals surface area (Å²) < 4.78 is 0. The molecule has 176 valence electrons. The number of β-amino-alcohol motifs (C(OH)–C–C–N with tert-alkyl or cyclic N) is 1. The minimum absolute atomic E-state index is 0.0166. The van der Waals surface area contributed by atoms with Crippen molar-refractivity contribution in [3.63, 3.8) is 0 Å². The first-order valence-electron chi connectivity index (χ1n) is 11.9. The molecule has 34 heavy (non-hydrogen) atoms. The zero-order valence-electron chi connectivity index (χ0n) is 19.6. The first-order valence-corrected chi connectivity index (χ1v) is 11.9. The Balaban J connectivity index is 1.27. The van der Waals surface area contributed by atoms with Crippen molar-refractivity contribution in [2.75, 3.05) is 44.7 Å². The highest BCUT2D eigenvalue weighted by Gasteiger charge is 2.28. The van der Waals surface area contributed by atoms with E-state index < -0.39 is 6.10 Å². The lowest BCUT2D eigenvalue weighted by Gasteiger charge is -2.32. The van der Waals surface area contributed by atoms with Crippen LogP contribution in [0.15, 0.2) is 60.9 Å². The topological polar surface area (TPSA) is 72.8 Å². The number of aliphatic hydroxyl groups is 1. The van der Waals surface area contributed by atoms with Crippen LogP contribution in [0, 0.1) is 0 Å². The Hall–Kier alpha value is -3.29. The van der Waals surface area contributed by atoms with E-state index in [4.69, 9.17) is 0 Å². The molecule has 1 N–H and O–H groups in total. The van der Waals surface area contributed by atoms with Gasteiger partial charge in [-0.15, -0.1) is 0 Å². The number of hydrogen-bond donors (Lipinski definition) is 1. The summed E-state index contributed by atoms with van der Waals surface area (Å²) in [6, 6.07) is 16.5. The van der Waals surface area contributed by atoms with Gasteiger partial charge in [-0.3, -0.25) is 9.69 Å². The number of carbonyl (C=O) groups excluding carboxylic acids is 1. The fourth-order valence-corrected chi connectivity index (χ4v) is 5.01. The van der Waals surface area contributed by atoms with Crippen LogP contribution in [0.3, 0.4) is 0 Å². The molecule has 1 amide bonds. The summed E-state index contributed by atoms with van der Waals surface area (Å²) in [6.07, 6.45) is 4.54. The Morgan fingerprint density at radius 1 is 0.971 bits per heavy atom. The van der Waals surface area contributed by atoms with Gasteiger partial charge >= 0.3 is 0 Å². The van der Waals surface area contributed by atoms with Gasteiger partial charge in [0.1, 0.15) is 0 Å². The molecule has 1 aromatic heterocycles. The van der Waals surface area contributed by atoms with Crippen molar-refractivity contribution in [1.82, 2.24) is 20.0 Å². The van der Waals surface area contributed by atoms with E-state index in [1.165, 1.54) is 11.1 Å². The third-order valence-corrected chi connectivity index (χ3v) is 6.86. The van der Waals surface area contributed by atoms with Crippen LogP contribution in [-0.2, 0) is 19.4 Å². The van der Waals surface area contributed by atoms with E-state index in [9.17, 15) is 9.90 Å². The maximum Gasteiger partial charge on any atom is 0.256 e. The second kappa shape index (κ2) is 9.91. The van der Waals surface area contributed by atoms with E-state index >= 15 is 0 Å². The van der Waals surface area contributed by atoms with Crippen molar-refractivity contribution >= 4 is 11.6 Å². The van der Waals surface area contributed by atoms with Gasteiger partial charge < -0.3 is 14.9 Å². The first-order chi connectivity index (χ1) is 16.6. The van der Waals surface area contributed by atoms with Gasteiger partial charge in [0, 0.05) is 58.2 Å². The Labute approximate surface area is 200 Å². The lowest BCUT2D eigenvalue weighted by molar-refractivity contribution is 0.0521. The van der Waals surface area contributed by atoms with E-state index in [-0.39, 0.29) is 5.91 Å². The van der Waals surface area contributed by atoms with Gasteiger partial charge in [0.2, 0.25) is 0 Å². The number of amides is 1. The summed E-state index contributed by atoms with van der Waals surface area (Å²) in [5.74, 6) is -0.0166. The van der Waals surface area contributed by atoms with E-state index in [0.717, 1.165) is 42.9 Å². The summed E-state index contributed by atoms with van der Waals surface area (Å²) in [5.41, 5.74) is 6.47. The molecule has 7 heteroatoms. The Kier molecular flexibility index (Phi) is 6.56. The molecule has 0 saturated carbocycles. The standard InChI is InChI=1S/C27H31N5O2/c1-30-12-13-32(19-24(33)18-31-11-9-22-4-2-3-5-23(22)17-31)27(34)25-15-20(6-7-26(25)30)14-21-8-10-28-29-16-21/h2-8,10,15-16,24,33H,9,11-14,17-19H2,1H3. The number of nitrogens with zero attached hydrogens (tertiary/aromatic N) is 5. The van der Waals surface area contributed by atoms with Crippen LogP contribution in [0.4, 0.5) is 5.69 Å². The number of fused-ring (bicyclic) bond motifs is 2. The maximum absolute atomic E-state index is 13.5. The smallest absolute Gasteiger partial charge is 0.256 e. The molecule has 1 unspecified atom stereocenters. The average molecular weight is 458 g/mol. The van der Waals surface area contributed by atoms with E-state index in [1.54, 1.807) is 12.4 Å². The van der Waals surface area contributed by atoms with Crippen LogP contribution in [0.2, 0.25) is 0 Å². The molecule has 2 aliphatic rings. The highest BCUT2D eigenvalue weighted by atomic mass is 16.3. The van der Waals surface area contributed by atoms with Crippen LogP contribution in [-0.4, -0.2) is 76.9 Å². The number of rotatable bonds is 6. The minimum Gasteiger partial charge on any atom is -0.390 e. The molecular weight excluding hydrogens is 426 g/mol. The van der Waals surface area contributed by atoms with Crippen LogP contribution >= 0.6 is 0 Å². The van der Waals surface area contributed by atoms with Crippen LogP contribution in [0.25, 0.3) is 0 Å². The molecule has 1 atom stereocenters. The summed E-state index contributed by atoms with van der Waals surface area (Å²) in [6.45, 7) is 4.00. The fraction of sp³-hybridized carbons (Fsp3) is 0.370. The average Bonchev–Trinajstić information content (AvgIpc) is 2.96. The molecule has 0 bridgehead atoms. The SMILES string of the molecule is CN1CCN(CC(O)CN2CCc3ccccc3C2)C(=O)c2cc(Cc3ccnnc3)ccc21. The first kappa shape index (κ1) is 22.5. The molecule has 3 heterocycles. The molecule has 5 rings (SSSR count). The molecule has 0 radical (unpaired) electrons. The monoisotopic (exact) mass is 457 g/mol. The number of likely N-dealkylation sites (N-methyl/N-ethyl adjacent to an activating group) is 1. The highest BCUT2D eigenvalue weighted by Crippen LogP contribution is 2.27. The molecule has 0 saturated heterocycles. The lowest BCUT2D eigenvalue weighted by atomic mass is 9.99. The minimum atomic E-state index is -0.591. The third kappa shape index (κ3) is 4.95. The van der Waals surface area contributed by atoms with Crippen molar-refractivity contribution in [3.05, 3.63) is 88.7 Å². The summed E-state index contributed by atoms with van der Waals surface area (Å²) in [4.78, 5) is 19.8. The molecule has 3 aromatic rings. The number of aliphatic hydroxyl groups excluding tert-OH is 1. The van der Waals surface area contributed by atoms with E-state index in [0.29, 0.717) is 31.6 Å². The second-order valence-electron chi connectivity index (χ2n) is 9.36. The van der Waals surface area contributed by atoms with Gasteiger partial charge in [-0.2, -0.15) is 10.2 Å².